The molecule has 3 rings (SSSR count). The second kappa shape index (κ2) is 5.59. The van der Waals surface area contributed by atoms with E-state index in [0.717, 1.165) is 21.6 Å². The number of benzene rings is 1. The first-order valence-electron chi connectivity index (χ1n) is 5.96. The van der Waals surface area contributed by atoms with Gasteiger partial charge in [-0.15, -0.1) is 16.4 Å². The van der Waals surface area contributed by atoms with Gasteiger partial charge in [0.1, 0.15) is 0 Å². The van der Waals surface area contributed by atoms with E-state index in [1.54, 1.807) is 23.1 Å². The van der Waals surface area contributed by atoms with E-state index in [4.69, 9.17) is 0 Å². The number of hydrogen-bond acceptors (Lipinski definition) is 4. The zero-order chi connectivity index (χ0) is 13.1. The third-order valence-electron chi connectivity index (χ3n) is 2.71. The predicted octanol–water partition coefficient (Wildman–Crippen LogP) is 4.13. The van der Waals surface area contributed by atoms with Crippen molar-refractivity contribution in [3.63, 3.8) is 0 Å². The Morgan fingerprint density at radius 2 is 2.05 bits per heavy atom. The molecule has 2 aromatic heterocycles. The van der Waals surface area contributed by atoms with Crippen molar-refractivity contribution >= 4 is 23.1 Å². The summed E-state index contributed by atoms with van der Waals surface area (Å²) in [5.74, 6) is 1.74. The van der Waals surface area contributed by atoms with Crippen molar-refractivity contribution in [2.45, 2.75) is 17.8 Å². The van der Waals surface area contributed by atoms with E-state index >= 15 is 0 Å². The second-order valence-electron chi connectivity index (χ2n) is 4.22. The lowest BCUT2D eigenvalue weighted by molar-refractivity contribution is 0.973. The molecule has 0 atom stereocenters. The SMILES string of the molecule is Cc1ccc(CSc2n[nH]c(-c3cccs3)n2)cc1. The van der Waals surface area contributed by atoms with Gasteiger partial charge in [-0.3, -0.25) is 5.10 Å². The molecule has 1 aromatic carbocycles. The Morgan fingerprint density at radius 3 is 2.79 bits per heavy atom. The molecule has 0 saturated heterocycles. The smallest absolute Gasteiger partial charge is 0.209 e. The van der Waals surface area contributed by atoms with Crippen molar-refractivity contribution in [1.82, 2.24) is 15.2 Å². The summed E-state index contributed by atoms with van der Waals surface area (Å²) in [6.45, 7) is 2.10. The molecule has 1 N–H and O–H groups in total. The van der Waals surface area contributed by atoms with E-state index < -0.39 is 0 Å². The predicted molar refractivity (Wildman–Crippen MR) is 80.4 cm³/mol. The van der Waals surface area contributed by atoms with Gasteiger partial charge >= 0.3 is 0 Å². The summed E-state index contributed by atoms with van der Waals surface area (Å²) >= 11 is 3.31. The Bertz CT molecular complexity index is 642. The van der Waals surface area contributed by atoms with Crippen molar-refractivity contribution in [2.75, 3.05) is 0 Å². The fraction of sp³-hybridized carbons (Fsp3) is 0.143. The van der Waals surface area contributed by atoms with Crippen molar-refractivity contribution in [2.24, 2.45) is 0 Å². The van der Waals surface area contributed by atoms with Crippen molar-refractivity contribution < 1.29 is 0 Å². The molecule has 0 amide bonds. The minimum atomic E-state index is 0.795. The quantitative estimate of drug-likeness (QED) is 0.733. The van der Waals surface area contributed by atoms with Crippen molar-refractivity contribution in [3.8, 4) is 10.7 Å². The Balaban J connectivity index is 1.66. The van der Waals surface area contributed by atoms with Crippen LogP contribution in [0.2, 0.25) is 0 Å². The molecule has 0 radical (unpaired) electrons. The summed E-state index contributed by atoms with van der Waals surface area (Å²) in [5.41, 5.74) is 2.57. The summed E-state index contributed by atoms with van der Waals surface area (Å²) in [4.78, 5) is 5.61. The van der Waals surface area contributed by atoms with Crippen LogP contribution in [-0.4, -0.2) is 15.2 Å². The number of nitrogens with zero attached hydrogens (tertiary/aromatic N) is 2. The topological polar surface area (TPSA) is 41.6 Å². The number of H-pyrrole nitrogens is 1. The first-order chi connectivity index (χ1) is 9.31. The van der Waals surface area contributed by atoms with E-state index in [0.29, 0.717) is 0 Å². The lowest BCUT2D eigenvalue weighted by Gasteiger charge is -1.98. The molecule has 0 unspecified atom stereocenters. The van der Waals surface area contributed by atoms with Crippen LogP contribution in [-0.2, 0) is 5.75 Å². The van der Waals surface area contributed by atoms with Crippen LogP contribution in [0.5, 0.6) is 0 Å². The highest BCUT2D eigenvalue weighted by atomic mass is 32.2. The van der Waals surface area contributed by atoms with Crippen LogP contribution in [0.4, 0.5) is 0 Å². The lowest BCUT2D eigenvalue weighted by Crippen LogP contribution is -1.82. The molecule has 96 valence electrons. The van der Waals surface area contributed by atoms with Gasteiger partial charge in [-0.25, -0.2) is 4.98 Å². The number of hydrogen-bond donors (Lipinski definition) is 1. The molecular formula is C14H13N3S2. The molecular weight excluding hydrogens is 274 g/mol. The molecule has 2 heterocycles. The highest BCUT2D eigenvalue weighted by Crippen LogP contribution is 2.24. The van der Waals surface area contributed by atoms with Crippen LogP contribution >= 0.6 is 23.1 Å². The normalized spacial score (nSPS) is 10.8. The Kier molecular flexibility index (Phi) is 3.66. The summed E-state index contributed by atoms with van der Waals surface area (Å²) in [6.07, 6.45) is 0. The van der Waals surface area contributed by atoms with E-state index in [-0.39, 0.29) is 0 Å². The third kappa shape index (κ3) is 3.05. The van der Waals surface area contributed by atoms with E-state index in [9.17, 15) is 0 Å². The molecule has 0 bridgehead atoms. The highest BCUT2D eigenvalue weighted by molar-refractivity contribution is 7.98. The van der Waals surface area contributed by atoms with Gasteiger partial charge in [0.05, 0.1) is 4.88 Å². The summed E-state index contributed by atoms with van der Waals surface area (Å²) < 4.78 is 0. The van der Waals surface area contributed by atoms with Crippen LogP contribution in [0.3, 0.4) is 0 Å². The Labute approximate surface area is 120 Å². The minimum Gasteiger partial charge on any atom is -0.257 e. The fourth-order valence-corrected chi connectivity index (χ4v) is 3.08. The summed E-state index contributed by atoms with van der Waals surface area (Å²) in [6, 6.07) is 12.6. The number of aromatic amines is 1. The minimum absolute atomic E-state index is 0.795. The molecule has 0 fully saturated rings. The number of rotatable bonds is 4. The number of aromatic nitrogens is 3. The van der Waals surface area contributed by atoms with Crippen LogP contribution in [0.25, 0.3) is 10.7 Å². The van der Waals surface area contributed by atoms with Gasteiger partial charge in [0.25, 0.3) is 0 Å². The maximum atomic E-state index is 4.49. The van der Waals surface area contributed by atoms with Crippen LogP contribution in [0.1, 0.15) is 11.1 Å². The number of nitrogens with one attached hydrogen (secondary N) is 1. The van der Waals surface area contributed by atoms with Gasteiger partial charge < -0.3 is 0 Å². The van der Waals surface area contributed by atoms with Crippen LogP contribution < -0.4 is 0 Å². The monoisotopic (exact) mass is 287 g/mol. The Hall–Kier alpha value is -1.59. The maximum Gasteiger partial charge on any atom is 0.209 e. The molecule has 0 aliphatic heterocycles. The molecule has 0 saturated carbocycles. The Morgan fingerprint density at radius 1 is 1.21 bits per heavy atom. The average Bonchev–Trinajstić information content (AvgIpc) is 3.09. The van der Waals surface area contributed by atoms with Gasteiger partial charge in [-0.05, 0) is 23.9 Å². The zero-order valence-corrected chi connectivity index (χ0v) is 12.1. The van der Waals surface area contributed by atoms with E-state index in [1.165, 1.54) is 11.1 Å². The van der Waals surface area contributed by atoms with Gasteiger partial charge in [0, 0.05) is 5.75 Å². The molecule has 0 aliphatic carbocycles. The van der Waals surface area contributed by atoms with Gasteiger partial charge in [0.2, 0.25) is 5.16 Å². The molecule has 19 heavy (non-hydrogen) atoms. The average molecular weight is 287 g/mol. The fourth-order valence-electron chi connectivity index (χ4n) is 1.67. The lowest BCUT2D eigenvalue weighted by atomic mass is 10.2. The second-order valence-corrected chi connectivity index (χ2v) is 6.11. The molecule has 5 heteroatoms. The maximum absolute atomic E-state index is 4.49. The van der Waals surface area contributed by atoms with E-state index in [1.807, 2.05) is 17.5 Å². The molecule has 3 aromatic rings. The van der Waals surface area contributed by atoms with Gasteiger partial charge in [-0.2, -0.15) is 0 Å². The first kappa shape index (κ1) is 12.4. The van der Waals surface area contributed by atoms with Gasteiger partial charge in [-0.1, -0.05) is 47.7 Å². The zero-order valence-electron chi connectivity index (χ0n) is 10.5. The van der Waals surface area contributed by atoms with Crippen molar-refractivity contribution in [3.05, 3.63) is 52.9 Å². The number of aryl methyl sites for hydroxylation is 1. The number of thiophene rings is 1. The molecule has 0 aliphatic rings. The van der Waals surface area contributed by atoms with Crippen molar-refractivity contribution in [1.29, 1.82) is 0 Å². The summed E-state index contributed by atoms with van der Waals surface area (Å²) in [7, 11) is 0. The van der Waals surface area contributed by atoms with Gasteiger partial charge in [0.15, 0.2) is 5.82 Å². The van der Waals surface area contributed by atoms with E-state index in [2.05, 4.69) is 46.4 Å². The molecule has 3 nitrogen and oxygen atoms in total. The highest BCUT2D eigenvalue weighted by Gasteiger charge is 2.06. The van der Waals surface area contributed by atoms with Crippen LogP contribution in [0.15, 0.2) is 46.9 Å². The number of thioether (sulfide) groups is 1. The first-order valence-corrected chi connectivity index (χ1v) is 7.82. The standard InChI is InChI=1S/C14H13N3S2/c1-10-4-6-11(7-5-10)9-19-14-15-13(16-17-14)12-3-2-8-18-12/h2-8H,9H2,1H3,(H,15,16,17). The molecule has 0 spiro atoms. The largest absolute Gasteiger partial charge is 0.257 e. The summed E-state index contributed by atoms with van der Waals surface area (Å²) in [5, 5.41) is 10.1. The van der Waals surface area contributed by atoms with Crippen LogP contribution in [0, 0.1) is 6.92 Å². The third-order valence-corrected chi connectivity index (χ3v) is 4.50.